The minimum absolute atomic E-state index is 0.254. The van der Waals surface area contributed by atoms with Crippen molar-refractivity contribution in [3.05, 3.63) is 18.2 Å². The summed E-state index contributed by atoms with van der Waals surface area (Å²) in [5.41, 5.74) is 0. The van der Waals surface area contributed by atoms with Gasteiger partial charge in [0.25, 0.3) is 0 Å². The molecular weight excluding hydrogens is 274 g/mol. The zero-order valence-electron chi connectivity index (χ0n) is 11.8. The van der Waals surface area contributed by atoms with Gasteiger partial charge in [-0.05, 0) is 37.9 Å². The topological polar surface area (TPSA) is 68.2 Å². The highest BCUT2D eigenvalue weighted by Gasteiger charge is 2.29. The Kier molecular flexibility index (Phi) is 4.15. The largest absolute Gasteiger partial charge is 0.493 e. The lowest BCUT2D eigenvalue weighted by Gasteiger charge is -2.20. The molecule has 1 saturated heterocycles. The number of nitrogens with zero attached hydrogens (tertiary/aromatic N) is 1. The molecule has 0 radical (unpaired) electrons. The molecule has 0 saturated carbocycles. The van der Waals surface area contributed by atoms with Crippen LogP contribution in [-0.2, 0) is 4.79 Å². The molecular formula is C15H19NO5. The molecule has 0 spiro atoms. The smallest absolute Gasteiger partial charge is 0.320 e. The maximum atomic E-state index is 11.1. The van der Waals surface area contributed by atoms with Crippen molar-refractivity contribution in [1.29, 1.82) is 0 Å². The standard InChI is InChI=1S/C15H19NO5/c17-15(18)12-3-1-6-16(12)7-2-8-19-11-4-5-13-14(9-11)21-10-20-13/h4-5,9,12H,1-3,6-8,10H2,(H,17,18)/t12-/m0/s1. The third kappa shape index (κ3) is 3.21. The predicted octanol–water partition coefficient (Wildman–Crippen LogP) is 1.73. The Hall–Kier alpha value is -1.95. The van der Waals surface area contributed by atoms with Gasteiger partial charge in [0.2, 0.25) is 6.79 Å². The van der Waals surface area contributed by atoms with Crippen LogP contribution in [0, 0.1) is 0 Å². The summed E-state index contributed by atoms with van der Waals surface area (Å²) in [5.74, 6) is 1.47. The average Bonchev–Trinajstić information content (AvgIpc) is 3.11. The van der Waals surface area contributed by atoms with Crippen LogP contribution in [0.1, 0.15) is 19.3 Å². The highest BCUT2D eigenvalue weighted by Crippen LogP contribution is 2.35. The summed E-state index contributed by atoms with van der Waals surface area (Å²) in [6.07, 6.45) is 2.51. The molecule has 3 rings (SSSR count). The van der Waals surface area contributed by atoms with E-state index in [0.717, 1.165) is 43.9 Å². The molecule has 2 heterocycles. The molecule has 0 aliphatic carbocycles. The molecule has 0 aromatic heterocycles. The number of carboxylic acids is 1. The molecule has 6 nitrogen and oxygen atoms in total. The summed E-state index contributed by atoms with van der Waals surface area (Å²) >= 11 is 0. The first kappa shape index (κ1) is 14.0. The van der Waals surface area contributed by atoms with Crippen molar-refractivity contribution in [2.24, 2.45) is 0 Å². The number of carbonyl (C=O) groups is 1. The van der Waals surface area contributed by atoms with E-state index in [9.17, 15) is 4.79 Å². The first-order valence-electron chi connectivity index (χ1n) is 7.23. The van der Waals surface area contributed by atoms with Crippen LogP contribution >= 0.6 is 0 Å². The quantitative estimate of drug-likeness (QED) is 0.806. The number of aliphatic carboxylic acids is 1. The number of ether oxygens (including phenoxy) is 3. The number of carboxylic acid groups (broad SMARTS) is 1. The van der Waals surface area contributed by atoms with Gasteiger partial charge in [-0.3, -0.25) is 9.69 Å². The molecule has 1 atom stereocenters. The van der Waals surface area contributed by atoms with E-state index >= 15 is 0 Å². The Morgan fingerprint density at radius 3 is 3.10 bits per heavy atom. The molecule has 0 unspecified atom stereocenters. The molecule has 0 bridgehead atoms. The summed E-state index contributed by atoms with van der Waals surface area (Å²) in [5, 5.41) is 9.11. The minimum atomic E-state index is -0.718. The fourth-order valence-corrected chi connectivity index (χ4v) is 2.80. The molecule has 6 heteroatoms. The van der Waals surface area contributed by atoms with E-state index in [2.05, 4.69) is 0 Å². The molecule has 1 fully saturated rings. The molecule has 2 aliphatic rings. The van der Waals surface area contributed by atoms with E-state index in [4.69, 9.17) is 19.3 Å². The Labute approximate surface area is 123 Å². The maximum Gasteiger partial charge on any atom is 0.320 e. The molecule has 1 aromatic carbocycles. The van der Waals surface area contributed by atoms with E-state index in [-0.39, 0.29) is 12.8 Å². The van der Waals surface area contributed by atoms with Crippen LogP contribution in [0.25, 0.3) is 0 Å². The van der Waals surface area contributed by atoms with E-state index < -0.39 is 5.97 Å². The Morgan fingerprint density at radius 1 is 1.38 bits per heavy atom. The SMILES string of the molecule is O=C(O)[C@@H]1CCCN1CCCOc1ccc2c(c1)OCO2. The van der Waals surface area contributed by atoms with E-state index in [1.807, 2.05) is 23.1 Å². The zero-order chi connectivity index (χ0) is 14.7. The van der Waals surface area contributed by atoms with Gasteiger partial charge in [0.15, 0.2) is 11.5 Å². The Bertz CT molecular complexity index is 519. The Morgan fingerprint density at radius 2 is 2.24 bits per heavy atom. The fourth-order valence-electron chi connectivity index (χ4n) is 2.80. The van der Waals surface area contributed by atoms with Crippen LogP contribution in [0.15, 0.2) is 18.2 Å². The van der Waals surface area contributed by atoms with Crippen LogP contribution < -0.4 is 14.2 Å². The molecule has 1 aromatic rings. The van der Waals surface area contributed by atoms with Gasteiger partial charge in [-0.2, -0.15) is 0 Å². The van der Waals surface area contributed by atoms with Crippen molar-refractivity contribution in [1.82, 2.24) is 4.90 Å². The van der Waals surface area contributed by atoms with E-state index in [1.165, 1.54) is 0 Å². The number of hydrogen-bond donors (Lipinski definition) is 1. The highest BCUT2D eigenvalue weighted by atomic mass is 16.7. The molecule has 114 valence electrons. The van der Waals surface area contributed by atoms with Crippen LogP contribution in [0.4, 0.5) is 0 Å². The molecule has 0 amide bonds. The van der Waals surface area contributed by atoms with E-state index in [0.29, 0.717) is 12.4 Å². The second-order valence-electron chi connectivity index (χ2n) is 5.25. The van der Waals surface area contributed by atoms with Crippen molar-refractivity contribution in [2.75, 3.05) is 26.5 Å². The van der Waals surface area contributed by atoms with Gasteiger partial charge in [0.05, 0.1) is 6.61 Å². The second kappa shape index (κ2) is 6.22. The summed E-state index contributed by atoms with van der Waals surface area (Å²) in [7, 11) is 0. The van der Waals surface area contributed by atoms with Gasteiger partial charge in [-0.25, -0.2) is 0 Å². The maximum absolute atomic E-state index is 11.1. The Balaban J connectivity index is 1.43. The van der Waals surface area contributed by atoms with E-state index in [1.54, 1.807) is 0 Å². The van der Waals surface area contributed by atoms with Crippen molar-refractivity contribution in [3.8, 4) is 17.2 Å². The van der Waals surface area contributed by atoms with Gasteiger partial charge in [-0.15, -0.1) is 0 Å². The highest BCUT2D eigenvalue weighted by molar-refractivity contribution is 5.73. The van der Waals surface area contributed by atoms with Crippen molar-refractivity contribution >= 4 is 5.97 Å². The lowest BCUT2D eigenvalue weighted by molar-refractivity contribution is -0.142. The molecule has 2 aliphatic heterocycles. The van der Waals surface area contributed by atoms with Gasteiger partial charge >= 0.3 is 5.97 Å². The second-order valence-corrected chi connectivity index (χ2v) is 5.25. The van der Waals surface area contributed by atoms with Gasteiger partial charge < -0.3 is 19.3 Å². The minimum Gasteiger partial charge on any atom is -0.493 e. The van der Waals surface area contributed by atoms with Gasteiger partial charge in [0.1, 0.15) is 11.8 Å². The number of rotatable bonds is 6. The third-order valence-corrected chi connectivity index (χ3v) is 3.85. The van der Waals surface area contributed by atoms with Gasteiger partial charge in [0, 0.05) is 12.6 Å². The summed E-state index contributed by atoms with van der Waals surface area (Å²) < 4.78 is 16.2. The van der Waals surface area contributed by atoms with Gasteiger partial charge in [-0.1, -0.05) is 0 Å². The van der Waals surface area contributed by atoms with Crippen molar-refractivity contribution < 1.29 is 24.1 Å². The normalized spacial score (nSPS) is 20.7. The number of likely N-dealkylation sites (tertiary alicyclic amines) is 1. The summed E-state index contributed by atoms with van der Waals surface area (Å²) in [4.78, 5) is 13.1. The predicted molar refractivity (Wildman–Crippen MR) is 74.9 cm³/mol. The monoisotopic (exact) mass is 293 g/mol. The number of benzene rings is 1. The van der Waals surface area contributed by atoms with Crippen molar-refractivity contribution in [2.45, 2.75) is 25.3 Å². The van der Waals surface area contributed by atoms with Crippen LogP contribution in [-0.4, -0.2) is 48.5 Å². The summed E-state index contributed by atoms with van der Waals surface area (Å²) in [6.45, 7) is 2.43. The first-order valence-corrected chi connectivity index (χ1v) is 7.23. The average molecular weight is 293 g/mol. The lowest BCUT2D eigenvalue weighted by atomic mass is 10.2. The van der Waals surface area contributed by atoms with Crippen LogP contribution in [0.2, 0.25) is 0 Å². The number of hydrogen-bond acceptors (Lipinski definition) is 5. The van der Waals surface area contributed by atoms with Crippen LogP contribution in [0.5, 0.6) is 17.2 Å². The molecule has 1 N–H and O–H groups in total. The third-order valence-electron chi connectivity index (χ3n) is 3.85. The number of fused-ring (bicyclic) bond motifs is 1. The van der Waals surface area contributed by atoms with Crippen LogP contribution in [0.3, 0.4) is 0 Å². The molecule has 21 heavy (non-hydrogen) atoms. The van der Waals surface area contributed by atoms with Crippen molar-refractivity contribution in [3.63, 3.8) is 0 Å². The first-order chi connectivity index (χ1) is 10.2. The summed E-state index contributed by atoms with van der Waals surface area (Å²) in [6, 6.07) is 5.18. The lowest BCUT2D eigenvalue weighted by Crippen LogP contribution is -2.36. The zero-order valence-corrected chi connectivity index (χ0v) is 11.8. The fraction of sp³-hybridized carbons (Fsp3) is 0.533.